The summed E-state index contributed by atoms with van der Waals surface area (Å²) in [7, 11) is 6.64. The third kappa shape index (κ3) is 3.69. The van der Waals surface area contributed by atoms with E-state index in [2.05, 4.69) is 4.98 Å². The summed E-state index contributed by atoms with van der Waals surface area (Å²) in [5.74, 6) is 1.49. The highest BCUT2D eigenvalue weighted by molar-refractivity contribution is 6.15. The summed E-state index contributed by atoms with van der Waals surface area (Å²) in [6.07, 6.45) is 4.27. The Kier molecular flexibility index (Phi) is 5.72. The van der Waals surface area contributed by atoms with Gasteiger partial charge in [-0.25, -0.2) is 0 Å². The van der Waals surface area contributed by atoms with Crippen LogP contribution < -0.4 is 24.8 Å². The smallest absolute Gasteiger partial charge is 0.243 e. The summed E-state index contributed by atoms with van der Waals surface area (Å²) in [6, 6.07) is 12.6. The highest BCUT2D eigenvalue weighted by atomic mass is 16.5. The molecular formula is C30H32N4O6. The minimum atomic E-state index is -1.17. The van der Waals surface area contributed by atoms with E-state index in [1.807, 2.05) is 18.2 Å². The van der Waals surface area contributed by atoms with Gasteiger partial charge in [0, 0.05) is 37.4 Å². The molecule has 2 bridgehead atoms. The van der Waals surface area contributed by atoms with Crippen molar-refractivity contribution in [3.05, 3.63) is 48.7 Å². The molecule has 1 aromatic heterocycles. The number of aromatic nitrogens is 1. The van der Waals surface area contributed by atoms with Gasteiger partial charge in [0.25, 0.3) is 0 Å². The first kappa shape index (κ1) is 25.9. The number of carbonyl (C=O) groups is 3. The molecule has 4 saturated carbocycles. The van der Waals surface area contributed by atoms with Crippen molar-refractivity contribution in [1.82, 2.24) is 9.88 Å². The predicted octanol–water partition coefficient (Wildman–Crippen LogP) is 3.65. The zero-order valence-electron chi connectivity index (χ0n) is 23.0. The molecule has 0 radical (unpaired) electrons. The second-order valence-electron chi connectivity index (χ2n) is 11.5. The van der Waals surface area contributed by atoms with Crippen LogP contribution in [0.5, 0.6) is 23.0 Å². The van der Waals surface area contributed by atoms with Gasteiger partial charge >= 0.3 is 0 Å². The number of benzene rings is 2. The Hall–Kier alpha value is -4.34. The molecule has 3 aromatic rings. The van der Waals surface area contributed by atoms with Crippen molar-refractivity contribution in [1.29, 1.82) is 0 Å². The first-order chi connectivity index (χ1) is 19.1. The van der Waals surface area contributed by atoms with E-state index in [1.54, 1.807) is 68.6 Å². The normalized spacial score (nSPS) is 23.3. The lowest BCUT2D eigenvalue weighted by atomic mass is 9.38. The second kappa shape index (κ2) is 8.84. The van der Waals surface area contributed by atoms with Crippen LogP contribution in [-0.4, -0.2) is 61.5 Å². The minimum Gasteiger partial charge on any atom is -0.493 e. The van der Waals surface area contributed by atoms with Crippen LogP contribution in [0.4, 0.5) is 5.69 Å². The maximum absolute atomic E-state index is 13.8. The van der Waals surface area contributed by atoms with Crippen molar-refractivity contribution in [3.63, 3.8) is 0 Å². The van der Waals surface area contributed by atoms with Gasteiger partial charge in [-0.15, -0.1) is 0 Å². The molecule has 4 fully saturated rings. The number of ether oxygens (including phenoxy) is 3. The van der Waals surface area contributed by atoms with Crippen molar-refractivity contribution in [3.8, 4) is 23.0 Å². The van der Waals surface area contributed by atoms with E-state index < -0.39 is 22.3 Å². The Morgan fingerprint density at radius 1 is 0.875 bits per heavy atom. The van der Waals surface area contributed by atoms with Gasteiger partial charge in [-0.05, 0) is 68.5 Å². The van der Waals surface area contributed by atoms with Crippen LogP contribution in [0.25, 0.3) is 10.9 Å². The third-order valence-electron chi connectivity index (χ3n) is 8.70. The molecule has 10 nitrogen and oxygen atoms in total. The van der Waals surface area contributed by atoms with Crippen LogP contribution in [0.15, 0.2) is 48.7 Å². The number of amides is 3. The Balaban J connectivity index is 1.29. The van der Waals surface area contributed by atoms with Gasteiger partial charge in [0.1, 0.15) is 16.9 Å². The summed E-state index contributed by atoms with van der Waals surface area (Å²) in [5.41, 5.74) is 4.94. The van der Waals surface area contributed by atoms with E-state index in [9.17, 15) is 14.4 Å². The number of anilines is 1. The predicted molar refractivity (Wildman–Crippen MR) is 147 cm³/mol. The first-order valence-corrected chi connectivity index (χ1v) is 13.2. The van der Waals surface area contributed by atoms with Gasteiger partial charge in [-0.2, -0.15) is 0 Å². The zero-order valence-corrected chi connectivity index (χ0v) is 23.0. The summed E-state index contributed by atoms with van der Waals surface area (Å²) >= 11 is 0. The van der Waals surface area contributed by atoms with E-state index in [1.165, 1.54) is 0 Å². The van der Waals surface area contributed by atoms with E-state index in [-0.39, 0.29) is 11.8 Å². The molecular weight excluding hydrogens is 512 g/mol. The lowest BCUT2D eigenvalue weighted by molar-refractivity contribution is -0.184. The lowest BCUT2D eigenvalue weighted by Gasteiger charge is -2.72. The van der Waals surface area contributed by atoms with Crippen LogP contribution in [0.2, 0.25) is 0 Å². The monoisotopic (exact) mass is 544 g/mol. The average molecular weight is 545 g/mol. The van der Waals surface area contributed by atoms with E-state index in [0.29, 0.717) is 66.3 Å². The molecule has 208 valence electrons. The number of hydrogen-bond donors (Lipinski definition) is 1. The number of pyridine rings is 1. The summed E-state index contributed by atoms with van der Waals surface area (Å²) in [4.78, 5) is 46.7. The molecule has 0 atom stereocenters. The van der Waals surface area contributed by atoms with Crippen molar-refractivity contribution in [2.24, 2.45) is 16.6 Å². The molecule has 1 heterocycles. The van der Waals surface area contributed by atoms with Gasteiger partial charge in [-0.3, -0.25) is 19.4 Å². The van der Waals surface area contributed by atoms with E-state index in [4.69, 9.17) is 19.9 Å². The molecule has 3 amide bonds. The van der Waals surface area contributed by atoms with Crippen molar-refractivity contribution in [2.75, 3.05) is 33.2 Å². The molecule has 10 heteroatoms. The van der Waals surface area contributed by atoms with Crippen molar-refractivity contribution >= 4 is 34.3 Å². The van der Waals surface area contributed by atoms with Crippen LogP contribution >= 0.6 is 0 Å². The fourth-order valence-electron chi connectivity index (χ4n) is 6.51. The molecule has 4 aliphatic carbocycles. The van der Waals surface area contributed by atoms with Gasteiger partial charge < -0.3 is 29.7 Å². The lowest BCUT2D eigenvalue weighted by Crippen LogP contribution is -2.79. The molecule has 2 N–H and O–H groups in total. The fourth-order valence-corrected chi connectivity index (χ4v) is 6.51. The van der Waals surface area contributed by atoms with Gasteiger partial charge in [-0.1, -0.05) is 0 Å². The Morgan fingerprint density at radius 3 is 2.05 bits per heavy atom. The fraction of sp³-hybridized carbons (Fsp3) is 0.400. The largest absolute Gasteiger partial charge is 0.493 e. The Bertz CT molecular complexity index is 1530. The number of nitrogens with two attached hydrogens (primary N) is 1. The summed E-state index contributed by atoms with van der Waals surface area (Å²) in [6.45, 7) is 0. The number of carbonyl (C=O) groups excluding carboxylic acids is 3. The van der Waals surface area contributed by atoms with Crippen molar-refractivity contribution in [2.45, 2.75) is 37.6 Å². The molecule has 4 aliphatic rings. The standard InChI is InChI=1S/C30H32N4O6/c1-33(2)26(36)28-15-29(16-28,17-28)34(27(37)30(10-11-30)25(31)35)18-5-7-19(8-6-18)40-22-9-12-32-21-14-24(39-4)23(38-3)13-20(21)22/h5-9,12-14H,10-11,15-17H2,1-4H3,(H2,31,35). The highest BCUT2D eigenvalue weighted by Gasteiger charge is 2.76. The quantitative estimate of drug-likeness (QED) is 0.408. The first-order valence-electron chi connectivity index (χ1n) is 13.2. The maximum Gasteiger partial charge on any atom is 0.243 e. The van der Waals surface area contributed by atoms with Crippen LogP contribution in [-0.2, 0) is 14.4 Å². The van der Waals surface area contributed by atoms with Crippen molar-refractivity contribution < 1.29 is 28.6 Å². The van der Waals surface area contributed by atoms with Gasteiger partial charge in [0.15, 0.2) is 11.5 Å². The van der Waals surface area contributed by atoms with Crippen LogP contribution in [0.3, 0.4) is 0 Å². The number of primary amides is 1. The minimum absolute atomic E-state index is 0.0837. The summed E-state index contributed by atoms with van der Waals surface area (Å²) < 4.78 is 17.1. The topological polar surface area (TPSA) is 124 Å². The Labute approximate surface area is 232 Å². The molecule has 0 saturated heterocycles. The van der Waals surface area contributed by atoms with E-state index >= 15 is 0 Å². The van der Waals surface area contributed by atoms with Gasteiger partial charge in [0.2, 0.25) is 17.7 Å². The number of hydrogen-bond acceptors (Lipinski definition) is 7. The van der Waals surface area contributed by atoms with E-state index in [0.717, 1.165) is 5.39 Å². The second-order valence-corrected chi connectivity index (χ2v) is 11.5. The molecule has 7 rings (SSSR count). The maximum atomic E-state index is 13.8. The molecule has 0 aliphatic heterocycles. The number of nitrogens with zero attached hydrogens (tertiary/aromatic N) is 3. The van der Waals surface area contributed by atoms with Crippen LogP contribution in [0, 0.1) is 10.8 Å². The number of rotatable bonds is 9. The number of fused-ring (bicyclic) bond motifs is 1. The molecule has 2 aromatic carbocycles. The van der Waals surface area contributed by atoms with Crippen LogP contribution in [0.1, 0.15) is 32.1 Å². The zero-order chi connectivity index (χ0) is 28.4. The average Bonchev–Trinajstić information content (AvgIpc) is 3.71. The summed E-state index contributed by atoms with van der Waals surface area (Å²) in [5, 5.41) is 0.753. The highest BCUT2D eigenvalue weighted by Crippen LogP contribution is 2.71. The Morgan fingerprint density at radius 2 is 1.50 bits per heavy atom. The molecule has 0 spiro atoms. The number of methoxy groups -OCH3 is 2. The van der Waals surface area contributed by atoms with Gasteiger partial charge in [0.05, 0.1) is 30.7 Å². The molecule has 40 heavy (non-hydrogen) atoms. The SMILES string of the molecule is COc1cc2nccc(Oc3ccc(N(C(=O)C4(C(N)=O)CC4)C45CC(C(=O)N(C)C)(C4)C5)cc3)c2cc1OC. The third-order valence-corrected chi connectivity index (χ3v) is 8.70. The molecule has 0 unspecified atom stereocenters.